The number of hydrogen-bond acceptors (Lipinski definition) is 5. The topological polar surface area (TPSA) is 92.4 Å². The molecule has 2 aromatic carbocycles. The van der Waals surface area contributed by atoms with Gasteiger partial charge in [-0.3, -0.25) is 4.79 Å². The molecule has 2 atom stereocenters. The van der Waals surface area contributed by atoms with Crippen molar-refractivity contribution in [3.63, 3.8) is 0 Å². The molecule has 1 saturated carbocycles. The Balaban J connectivity index is 1.30. The summed E-state index contributed by atoms with van der Waals surface area (Å²) in [5.74, 6) is -0.178. The van der Waals surface area contributed by atoms with Gasteiger partial charge in [0.2, 0.25) is 0 Å². The van der Waals surface area contributed by atoms with E-state index < -0.39 is 5.82 Å². The lowest BCUT2D eigenvalue weighted by Crippen LogP contribution is -2.54. The Hall–Kier alpha value is -3.46. The van der Waals surface area contributed by atoms with Crippen molar-refractivity contribution in [1.82, 2.24) is 15.6 Å². The van der Waals surface area contributed by atoms with Gasteiger partial charge in [-0.1, -0.05) is 51.0 Å². The molecule has 0 saturated heterocycles. The first-order valence-corrected chi connectivity index (χ1v) is 13.1. The maximum Gasteiger partial charge on any atom is 0.319 e. The number of carbonyl (C=O) groups excluding carboxylic acids is 2. The molecule has 0 spiro atoms. The number of carbonyl (C=O) groups is 2. The third-order valence-electron chi connectivity index (χ3n) is 6.21. The molecule has 4 rings (SSSR count). The molecule has 0 bridgehead atoms. The Kier molecular flexibility index (Phi) is 8.53. The molecule has 1 heterocycles. The van der Waals surface area contributed by atoms with Crippen LogP contribution in [0.2, 0.25) is 0 Å². The summed E-state index contributed by atoms with van der Waals surface area (Å²) in [7, 11) is 0. The summed E-state index contributed by atoms with van der Waals surface area (Å²) in [5.41, 5.74) is 2.21. The van der Waals surface area contributed by atoms with Crippen molar-refractivity contribution >= 4 is 29.0 Å². The molecule has 3 aromatic rings. The Morgan fingerprint density at radius 1 is 1.06 bits per heavy atom. The molecule has 1 aliphatic rings. The number of nitrogens with one attached hydrogen (secondary N) is 3. The number of urea groups is 1. The lowest BCUT2D eigenvalue weighted by molar-refractivity contribution is 0.0911. The smallest absolute Gasteiger partial charge is 0.319 e. The fraction of sp³-hybridized carbons (Fsp3) is 0.370. The van der Waals surface area contributed by atoms with Gasteiger partial charge in [-0.2, -0.15) is 0 Å². The molecule has 3 amide bonds. The number of hydrogen-bond donors (Lipinski definition) is 3. The number of anilines is 1. The van der Waals surface area contributed by atoms with E-state index in [0.717, 1.165) is 31.4 Å². The number of rotatable bonds is 8. The minimum atomic E-state index is -0.445. The summed E-state index contributed by atoms with van der Waals surface area (Å²) in [6.45, 7) is 4.32. The third-order valence-corrected chi connectivity index (χ3v) is 7.03. The highest BCUT2D eigenvalue weighted by molar-refractivity contribution is 7.09. The number of benzene rings is 2. The zero-order valence-corrected chi connectivity index (χ0v) is 21.2. The van der Waals surface area contributed by atoms with Crippen molar-refractivity contribution in [3.8, 4) is 5.75 Å². The van der Waals surface area contributed by atoms with E-state index in [0.29, 0.717) is 10.9 Å². The molecular weight excluding hydrogens is 479 g/mol. The van der Waals surface area contributed by atoms with Crippen LogP contribution in [-0.4, -0.2) is 29.0 Å². The number of para-hydroxylation sites is 1. The van der Waals surface area contributed by atoms with Gasteiger partial charge in [0.25, 0.3) is 5.91 Å². The van der Waals surface area contributed by atoms with Crippen LogP contribution in [0, 0.1) is 5.82 Å². The van der Waals surface area contributed by atoms with Crippen molar-refractivity contribution in [2.75, 3.05) is 5.32 Å². The quantitative estimate of drug-likeness (QED) is 0.355. The van der Waals surface area contributed by atoms with E-state index >= 15 is 0 Å². The van der Waals surface area contributed by atoms with Crippen LogP contribution >= 0.6 is 11.3 Å². The van der Waals surface area contributed by atoms with Crippen LogP contribution < -0.4 is 20.7 Å². The van der Waals surface area contributed by atoms with Crippen LogP contribution in [0.3, 0.4) is 0 Å². The van der Waals surface area contributed by atoms with E-state index in [1.165, 1.54) is 23.0 Å². The number of amides is 3. The average Bonchev–Trinajstić information content (AvgIpc) is 3.34. The van der Waals surface area contributed by atoms with Crippen LogP contribution in [0.25, 0.3) is 0 Å². The number of nitrogens with zero attached hydrogens (tertiary/aromatic N) is 1. The van der Waals surface area contributed by atoms with E-state index in [1.54, 1.807) is 23.6 Å². The summed E-state index contributed by atoms with van der Waals surface area (Å²) < 4.78 is 19.2. The molecule has 0 aliphatic heterocycles. The van der Waals surface area contributed by atoms with Crippen molar-refractivity contribution in [2.24, 2.45) is 0 Å². The van der Waals surface area contributed by atoms with Crippen LogP contribution in [0.15, 0.2) is 53.9 Å². The van der Waals surface area contributed by atoms with Crippen LogP contribution in [0.4, 0.5) is 14.9 Å². The molecule has 7 nitrogen and oxygen atoms in total. The Morgan fingerprint density at radius 2 is 1.75 bits per heavy atom. The van der Waals surface area contributed by atoms with Crippen LogP contribution in [-0.2, 0) is 6.61 Å². The highest BCUT2D eigenvalue weighted by Gasteiger charge is 2.28. The van der Waals surface area contributed by atoms with Crippen LogP contribution in [0.1, 0.15) is 66.5 Å². The van der Waals surface area contributed by atoms with Gasteiger partial charge in [0.1, 0.15) is 17.3 Å². The standard InChI is InChI=1S/C27H31FN4O3S/c1-17(2)18-11-13-19(14-12-18)29-27(34)32-22-9-5-4-8-21(22)31-26(33)23-16-36-25(30-23)15-35-24-10-6-3-7-20(24)28/h3,6-7,10-14,16-17,21-22H,4-5,8-9,15H2,1-2H3,(H,31,33)(H2,29,32,34)/t21-,22+/m0/s1. The molecule has 1 aliphatic carbocycles. The largest absolute Gasteiger partial charge is 0.483 e. The first-order chi connectivity index (χ1) is 17.4. The number of ether oxygens (including phenoxy) is 1. The van der Waals surface area contributed by atoms with Crippen molar-refractivity contribution in [2.45, 2.75) is 64.1 Å². The summed E-state index contributed by atoms with van der Waals surface area (Å²) in [4.78, 5) is 29.8. The number of thiazole rings is 1. The third kappa shape index (κ3) is 6.81. The predicted octanol–water partition coefficient (Wildman–Crippen LogP) is 5.85. The van der Waals surface area contributed by atoms with Gasteiger partial charge >= 0.3 is 6.03 Å². The zero-order valence-electron chi connectivity index (χ0n) is 20.4. The lowest BCUT2D eigenvalue weighted by Gasteiger charge is -2.32. The summed E-state index contributed by atoms with van der Waals surface area (Å²) in [6, 6.07) is 13.3. The Morgan fingerprint density at radius 3 is 2.44 bits per heavy atom. The fourth-order valence-electron chi connectivity index (χ4n) is 4.19. The molecule has 1 fully saturated rings. The normalized spacial score (nSPS) is 17.4. The van der Waals surface area contributed by atoms with Crippen molar-refractivity contribution in [1.29, 1.82) is 0 Å². The molecule has 9 heteroatoms. The van der Waals surface area contributed by atoms with Gasteiger partial charge in [0.05, 0.1) is 6.04 Å². The minimum Gasteiger partial charge on any atom is -0.483 e. The predicted molar refractivity (Wildman–Crippen MR) is 139 cm³/mol. The minimum absolute atomic E-state index is 0.0742. The van der Waals surface area contributed by atoms with Gasteiger partial charge < -0.3 is 20.7 Å². The molecule has 0 radical (unpaired) electrons. The lowest BCUT2D eigenvalue weighted by atomic mass is 9.90. The number of halogens is 1. The van der Waals surface area contributed by atoms with E-state index in [2.05, 4.69) is 34.8 Å². The SMILES string of the molecule is CC(C)c1ccc(NC(=O)N[C@@H]2CCCC[C@@H]2NC(=O)c2csc(COc3ccccc3F)n2)cc1. The fourth-order valence-corrected chi connectivity index (χ4v) is 4.87. The van der Waals surface area contributed by atoms with E-state index in [1.807, 2.05) is 24.3 Å². The van der Waals surface area contributed by atoms with Gasteiger partial charge in [-0.15, -0.1) is 11.3 Å². The van der Waals surface area contributed by atoms with Gasteiger partial charge in [0, 0.05) is 17.1 Å². The second kappa shape index (κ2) is 12.0. The van der Waals surface area contributed by atoms with Gasteiger partial charge in [0.15, 0.2) is 11.6 Å². The van der Waals surface area contributed by atoms with Gasteiger partial charge in [-0.25, -0.2) is 14.2 Å². The van der Waals surface area contributed by atoms with Crippen molar-refractivity contribution in [3.05, 3.63) is 76.0 Å². The second-order valence-electron chi connectivity index (χ2n) is 9.19. The molecule has 0 unspecified atom stereocenters. The first kappa shape index (κ1) is 25.6. The summed E-state index contributed by atoms with van der Waals surface area (Å²) in [5, 5.41) is 11.2. The average molecular weight is 511 g/mol. The monoisotopic (exact) mass is 510 g/mol. The highest BCUT2D eigenvalue weighted by Crippen LogP contribution is 2.22. The maximum atomic E-state index is 13.7. The molecule has 190 valence electrons. The second-order valence-corrected chi connectivity index (χ2v) is 10.1. The Bertz CT molecular complexity index is 1180. The van der Waals surface area contributed by atoms with E-state index in [-0.39, 0.29) is 42.1 Å². The number of aromatic nitrogens is 1. The van der Waals surface area contributed by atoms with E-state index in [9.17, 15) is 14.0 Å². The van der Waals surface area contributed by atoms with Crippen molar-refractivity contribution < 1.29 is 18.7 Å². The zero-order chi connectivity index (χ0) is 25.5. The highest BCUT2D eigenvalue weighted by atomic mass is 32.1. The molecule has 3 N–H and O–H groups in total. The molecule has 1 aromatic heterocycles. The first-order valence-electron chi connectivity index (χ1n) is 12.2. The van der Waals surface area contributed by atoms with E-state index in [4.69, 9.17) is 4.74 Å². The molecule has 36 heavy (non-hydrogen) atoms. The van der Waals surface area contributed by atoms with Crippen LogP contribution in [0.5, 0.6) is 5.75 Å². The summed E-state index contributed by atoms with van der Waals surface area (Å²) >= 11 is 1.28. The Labute approximate surface area is 214 Å². The summed E-state index contributed by atoms with van der Waals surface area (Å²) in [6.07, 6.45) is 3.51. The maximum absolute atomic E-state index is 13.7. The molecular formula is C27H31FN4O3S. The van der Waals surface area contributed by atoms with Gasteiger partial charge in [-0.05, 0) is 48.6 Å².